The number of aromatic nitrogens is 2. The van der Waals surface area contributed by atoms with Gasteiger partial charge in [0.1, 0.15) is 5.82 Å². The van der Waals surface area contributed by atoms with Crippen molar-refractivity contribution in [2.75, 3.05) is 33.8 Å². The Hall–Kier alpha value is -1.20. The lowest BCUT2D eigenvalue weighted by atomic mass is 10.0. The number of nitrogens with one attached hydrogen (secondary N) is 1. The lowest BCUT2D eigenvalue weighted by molar-refractivity contribution is 0.235. The molecule has 1 unspecified atom stereocenters. The highest BCUT2D eigenvalue weighted by Gasteiger charge is 2.30. The Morgan fingerprint density at radius 2 is 2.11 bits per heavy atom. The van der Waals surface area contributed by atoms with Crippen LogP contribution < -0.4 is 10.1 Å². The molecule has 0 bridgehead atoms. The number of ether oxygens (including phenoxy) is 1. The number of hydrogen-bond donors (Lipinski definition) is 1. The van der Waals surface area contributed by atoms with E-state index in [9.17, 15) is 0 Å². The number of aryl methyl sites for hydroxylation is 1. The van der Waals surface area contributed by atoms with Crippen LogP contribution >= 0.6 is 0 Å². The summed E-state index contributed by atoms with van der Waals surface area (Å²) in [5.74, 6) is 2.27. The van der Waals surface area contributed by atoms with E-state index in [4.69, 9.17) is 9.72 Å². The van der Waals surface area contributed by atoms with Crippen molar-refractivity contribution in [2.45, 2.75) is 31.7 Å². The number of rotatable bonds is 3. The van der Waals surface area contributed by atoms with Crippen LogP contribution in [0.15, 0.2) is 0 Å². The van der Waals surface area contributed by atoms with E-state index in [0.717, 1.165) is 42.6 Å². The standard InChI is InChI=1S/C14H22N4O/c1-9-12(11-8-18(2)7-6-15-11)14(19-3)17-13(16-9)10-4-5-10/h10-11,15H,4-8H2,1-3H3. The van der Waals surface area contributed by atoms with E-state index in [1.165, 1.54) is 12.8 Å². The van der Waals surface area contributed by atoms with E-state index in [1.54, 1.807) is 7.11 Å². The van der Waals surface area contributed by atoms with Crippen molar-refractivity contribution >= 4 is 0 Å². The Labute approximate surface area is 114 Å². The van der Waals surface area contributed by atoms with E-state index in [1.807, 2.05) is 0 Å². The lowest BCUT2D eigenvalue weighted by Gasteiger charge is -2.32. The van der Waals surface area contributed by atoms with Crippen LogP contribution in [0.1, 0.15) is 41.9 Å². The van der Waals surface area contributed by atoms with E-state index in [0.29, 0.717) is 5.92 Å². The third-order valence-electron chi connectivity index (χ3n) is 3.98. The third-order valence-corrected chi connectivity index (χ3v) is 3.98. The van der Waals surface area contributed by atoms with Gasteiger partial charge in [0, 0.05) is 31.2 Å². The van der Waals surface area contributed by atoms with E-state index in [-0.39, 0.29) is 6.04 Å². The summed E-state index contributed by atoms with van der Waals surface area (Å²) in [5, 5.41) is 3.54. The van der Waals surface area contributed by atoms with E-state index in [2.05, 4.69) is 29.2 Å². The smallest absolute Gasteiger partial charge is 0.221 e. The predicted molar refractivity (Wildman–Crippen MR) is 73.5 cm³/mol. The van der Waals surface area contributed by atoms with Gasteiger partial charge in [0.2, 0.25) is 5.88 Å². The molecule has 2 aliphatic rings. The quantitative estimate of drug-likeness (QED) is 0.888. The van der Waals surface area contributed by atoms with Gasteiger partial charge in [-0.3, -0.25) is 0 Å². The van der Waals surface area contributed by atoms with Gasteiger partial charge in [0.25, 0.3) is 0 Å². The zero-order valence-electron chi connectivity index (χ0n) is 11.9. The second-order valence-electron chi connectivity index (χ2n) is 5.63. The molecule has 2 fully saturated rings. The van der Waals surface area contributed by atoms with Crippen LogP contribution in [0.25, 0.3) is 0 Å². The average molecular weight is 262 g/mol. The van der Waals surface area contributed by atoms with Gasteiger partial charge in [-0.25, -0.2) is 4.98 Å². The van der Waals surface area contributed by atoms with Crippen molar-refractivity contribution in [1.29, 1.82) is 0 Å². The molecule has 2 heterocycles. The predicted octanol–water partition coefficient (Wildman–Crippen LogP) is 1.25. The fraction of sp³-hybridized carbons (Fsp3) is 0.714. The highest BCUT2D eigenvalue weighted by Crippen LogP contribution is 2.40. The van der Waals surface area contributed by atoms with Gasteiger partial charge < -0.3 is 15.0 Å². The molecule has 1 aliphatic heterocycles. The molecule has 5 nitrogen and oxygen atoms in total. The van der Waals surface area contributed by atoms with Crippen LogP contribution in [0.4, 0.5) is 0 Å². The zero-order chi connectivity index (χ0) is 13.4. The normalized spacial score (nSPS) is 24.5. The maximum Gasteiger partial charge on any atom is 0.221 e. The fourth-order valence-electron chi connectivity index (χ4n) is 2.75. The Morgan fingerprint density at radius 3 is 2.74 bits per heavy atom. The zero-order valence-corrected chi connectivity index (χ0v) is 11.9. The van der Waals surface area contributed by atoms with Crippen LogP contribution in [0, 0.1) is 6.92 Å². The Kier molecular flexibility index (Phi) is 3.41. The van der Waals surface area contributed by atoms with Crippen molar-refractivity contribution in [3.8, 4) is 5.88 Å². The third kappa shape index (κ3) is 2.58. The first-order chi connectivity index (χ1) is 9.19. The molecule has 3 rings (SSSR count). The van der Waals surface area contributed by atoms with Crippen molar-refractivity contribution in [1.82, 2.24) is 20.2 Å². The SMILES string of the molecule is COc1nc(C2CC2)nc(C)c1C1CN(C)CCN1. The van der Waals surface area contributed by atoms with E-state index >= 15 is 0 Å². The van der Waals surface area contributed by atoms with Gasteiger partial charge in [0.15, 0.2) is 0 Å². The Morgan fingerprint density at radius 1 is 1.32 bits per heavy atom. The summed E-state index contributed by atoms with van der Waals surface area (Å²) in [6.07, 6.45) is 2.43. The number of methoxy groups -OCH3 is 1. The highest BCUT2D eigenvalue weighted by atomic mass is 16.5. The number of nitrogens with zero attached hydrogens (tertiary/aromatic N) is 3. The molecule has 0 spiro atoms. The molecule has 1 aromatic rings. The highest BCUT2D eigenvalue weighted by molar-refractivity contribution is 5.35. The fourth-order valence-corrected chi connectivity index (χ4v) is 2.75. The number of piperazine rings is 1. The van der Waals surface area contributed by atoms with Gasteiger partial charge in [-0.05, 0) is 26.8 Å². The minimum Gasteiger partial charge on any atom is -0.481 e. The monoisotopic (exact) mass is 262 g/mol. The van der Waals surface area contributed by atoms with Crippen LogP contribution in [0.5, 0.6) is 5.88 Å². The molecule has 1 aromatic heterocycles. The second kappa shape index (κ2) is 5.06. The molecule has 1 atom stereocenters. The summed E-state index contributed by atoms with van der Waals surface area (Å²) in [5.41, 5.74) is 2.18. The van der Waals surface area contributed by atoms with Crippen molar-refractivity contribution < 1.29 is 4.74 Å². The molecule has 0 aromatic carbocycles. The lowest BCUT2D eigenvalue weighted by Crippen LogP contribution is -2.44. The first kappa shape index (κ1) is 12.8. The van der Waals surface area contributed by atoms with E-state index < -0.39 is 0 Å². The van der Waals surface area contributed by atoms with Crippen molar-refractivity contribution in [3.63, 3.8) is 0 Å². The summed E-state index contributed by atoms with van der Waals surface area (Å²) < 4.78 is 5.52. The van der Waals surface area contributed by atoms with Crippen molar-refractivity contribution in [3.05, 3.63) is 17.1 Å². The van der Waals surface area contributed by atoms with Gasteiger partial charge in [-0.2, -0.15) is 4.98 Å². The number of hydrogen-bond acceptors (Lipinski definition) is 5. The first-order valence-corrected chi connectivity index (χ1v) is 7.03. The summed E-state index contributed by atoms with van der Waals surface area (Å²) in [7, 11) is 3.85. The molecule has 1 aliphatic carbocycles. The van der Waals surface area contributed by atoms with Gasteiger partial charge in [-0.15, -0.1) is 0 Å². The molecule has 0 radical (unpaired) electrons. The first-order valence-electron chi connectivity index (χ1n) is 7.03. The van der Waals surface area contributed by atoms with Crippen molar-refractivity contribution in [2.24, 2.45) is 0 Å². The molecule has 1 saturated carbocycles. The molecule has 5 heteroatoms. The Bertz CT molecular complexity index is 473. The Balaban J connectivity index is 1.94. The minimum atomic E-state index is 0.266. The summed E-state index contributed by atoms with van der Waals surface area (Å²) >= 11 is 0. The summed E-state index contributed by atoms with van der Waals surface area (Å²) in [6.45, 7) is 5.12. The van der Waals surface area contributed by atoms with Crippen LogP contribution in [-0.4, -0.2) is 48.7 Å². The maximum absolute atomic E-state index is 5.52. The molecule has 0 amide bonds. The van der Waals surface area contributed by atoms with Gasteiger partial charge in [0.05, 0.1) is 18.7 Å². The van der Waals surface area contributed by atoms with Crippen LogP contribution in [0.2, 0.25) is 0 Å². The molecular formula is C14H22N4O. The second-order valence-corrected chi connectivity index (χ2v) is 5.63. The molecule has 1 saturated heterocycles. The van der Waals surface area contributed by atoms with Crippen LogP contribution in [0.3, 0.4) is 0 Å². The van der Waals surface area contributed by atoms with Gasteiger partial charge in [-0.1, -0.05) is 0 Å². The summed E-state index contributed by atoms with van der Waals surface area (Å²) in [6, 6.07) is 0.266. The summed E-state index contributed by atoms with van der Waals surface area (Å²) in [4.78, 5) is 11.6. The largest absolute Gasteiger partial charge is 0.481 e. The number of likely N-dealkylation sites (N-methyl/N-ethyl adjacent to an activating group) is 1. The molecule has 104 valence electrons. The minimum absolute atomic E-state index is 0.266. The maximum atomic E-state index is 5.52. The topological polar surface area (TPSA) is 50.3 Å². The van der Waals surface area contributed by atoms with Gasteiger partial charge >= 0.3 is 0 Å². The molecular weight excluding hydrogens is 240 g/mol. The molecule has 1 N–H and O–H groups in total. The average Bonchev–Trinajstić information content (AvgIpc) is 3.21. The molecule has 19 heavy (non-hydrogen) atoms. The van der Waals surface area contributed by atoms with Crippen LogP contribution in [-0.2, 0) is 0 Å².